The molecule has 1 aromatic carbocycles. The number of nitrogens with zero attached hydrogens (tertiary/aromatic N) is 2. The van der Waals surface area contributed by atoms with Crippen molar-refractivity contribution in [3.05, 3.63) is 24.3 Å². The topological polar surface area (TPSA) is 66.1 Å². The van der Waals surface area contributed by atoms with Crippen LogP contribution in [0.3, 0.4) is 0 Å². The first kappa shape index (κ1) is 10.7. The Hall–Kier alpha value is -1.40. The second-order valence-electron chi connectivity index (χ2n) is 4.18. The van der Waals surface area contributed by atoms with Gasteiger partial charge in [-0.3, -0.25) is 5.10 Å². The van der Waals surface area contributed by atoms with Gasteiger partial charge in [-0.05, 0) is 25.0 Å². The molecule has 0 unspecified atom stereocenters. The molecule has 0 radical (unpaired) electrons. The molecule has 3 rings (SSSR count). The van der Waals surface area contributed by atoms with Crippen molar-refractivity contribution in [3.8, 4) is 0 Å². The van der Waals surface area contributed by atoms with Crippen LogP contribution < -0.4 is 0 Å². The lowest BCUT2D eigenvalue weighted by Crippen LogP contribution is -2.28. The third-order valence-corrected chi connectivity index (χ3v) is 4.96. The maximum absolute atomic E-state index is 12.4. The average molecular weight is 251 g/mol. The first-order valence-corrected chi connectivity index (χ1v) is 7.07. The van der Waals surface area contributed by atoms with Crippen molar-refractivity contribution in [1.29, 1.82) is 0 Å². The number of aromatic amines is 1. The number of rotatable bonds is 2. The van der Waals surface area contributed by atoms with Crippen LogP contribution in [-0.2, 0) is 10.0 Å². The second kappa shape index (κ2) is 3.82. The number of sulfonamides is 1. The Bertz CT molecular complexity index is 642. The third-order valence-electron chi connectivity index (χ3n) is 3.09. The molecule has 17 heavy (non-hydrogen) atoms. The molecule has 0 saturated carbocycles. The lowest BCUT2D eigenvalue weighted by Gasteiger charge is -2.13. The monoisotopic (exact) mass is 251 g/mol. The summed E-state index contributed by atoms with van der Waals surface area (Å²) in [5.74, 6) is 0. The van der Waals surface area contributed by atoms with E-state index in [2.05, 4.69) is 10.2 Å². The van der Waals surface area contributed by atoms with Crippen LogP contribution in [0.2, 0.25) is 0 Å². The zero-order chi connectivity index (χ0) is 11.9. The summed E-state index contributed by atoms with van der Waals surface area (Å²) in [6.45, 7) is 1.21. The number of aromatic nitrogens is 2. The van der Waals surface area contributed by atoms with Crippen molar-refractivity contribution >= 4 is 20.9 Å². The predicted molar refractivity (Wildman–Crippen MR) is 64.1 cm³/mol. The Morgan fingerprint density at radius 1 is 1.18 bits per heavy atom. The predicted octanol–water partition coefficient (Wildman–Crippen LogP) is 1.35. The maximum Gasteiger partial charge on any atom is 0.260 e. The van der Waals surface area contributed by atoms with Gasteiger partial charge < -0.3 is 0 Å². The Labute approximate surface area is 99.5 Å². The Balaban J connectivity index is 2.14. The van der Waals surface area contributed by atoms with Gasteiger partial charge in [0.15, 0.2) is 5.03 Å². The number of nitrogens with one attached hydrogen (secondary N) is 1. The molecule has 0 atom stereocenters. The van der Waals surface area contributed by atoms with Gasteiger partial charge in [0.25, 0.3) is 10.0 Å². The number of H-pyrrole nitrogens is 1. The lowest BCUT2D eigenvalue weighted by molar-refractivity contribution is 0.475. The van der Waals surface area contributed by atoms with Gasteiger partial charge in [0.05, 0.1) is 5.52 Å². The van der Waals surface area contributed by atoms with E-state index in [-0.39, 0.29) is 5.03 Å². The molecule has 1 saturated heterocycles. The first-order chi connectivity index (χ1) is 8.19. The molecule has 1 aliphatic rings. The van der Waals surface area contributed by atoms with E-state index in [1.54, 1.807) is 12.1 Å². The Morgan fingerprint density at radius 3 is 2.65 bits per heavy atom. The molecule has 2 aromatic rings. The molecule has 5 nitrogen and oxygen atoms in total. The SMILES string of the molecule is O=S(=O)(c1[nH]nc2ccccc12)N1CCCC1. The van der Waals surface area contributed by atoms with Crippen molar-refractivity contribution in [2.24, 2.45) is 0 Å². The van der Waals surface area contributed by atoms with Crippen LogP contribution in [0.5, 0.6) is 0 Å². The molecule has 90 valence electrons. The van der Waals surface area contributed by atoms with Crippen molar-refractivity contribution in [2.75, 3.05) is 13.1 Å². The van der Waals surface area contributed by atoms with Crippen LogP contribution in [0.1, 0.15) is 12.8 Å². The number of hydrogen-bond acceptors (Lipinski definition) is 3. The van der Waals surface area contributed by atoms with E-state index in [1.165, 1.54) is 4.31 Å². The summed E-state index contributed by atoms with van der Waals surface area (Å²) in [4.78, 5) is 0. The minimum Gasteiger partial charge on any atom is -0.265 e. The van der Waals surface area contributed by atoms with Gasteiger partial charge in [0.2, 0.25) is 0 Å². The van der Waals surface area contributed by atoms with Gasteiger partial charge in [0, 0.05) is 18.5 Å². The lowest BCUT2D eigenvalue weighted by atomic mass is 10.3. The van der Waals surface area contributed by atoms with Crippen LogP contribution in [0.15, 0.2) is 29.3 Å². The van der Waals surface area contributed by atoms with E-state index in [1.807, 2.05) is 12.1 Å². The summed E-state index contributed by atoms with van der Waals surface area (Å²) < 4.78 is 26.2. The summed E-state index contributed by atoms with van der Waals surface area (Å²) in [6.07, 6.45) is 1.87. The van der Waals surface area contributed by atoms with Crippen LogP contribution in [0, 0.1) is 0 Å². The van der Waals surface area contributed by atoms with E-state index >= 15 is 0 Å². The van der Waals surface area contributed by atoms with Crippen LogP contribution in [0.25, 0.3) is 10.9 Å². The van der Waals surface area contributed by atoms with E-state index < -0.39 is 10.0 Å². The van der Waals surface area contributed by atoms with Crippen LogP contribution in [0.4, 0.5) is 0 Å². The van der Waals surface area contributed by atoms with Gasteiger partial charge in [-0.2, -0.15) is 9.40 Å². The quantitative estimate of drug-likeness (QED) is 0.876. The second-order valence-corrected chi connectivity index (χ2v) is 6.06. The van der Waals surface area contributed by atoms with Gasteiger partial charge in [0.1, 0.15) is 0 Å². The third kappa shape index (κ3) is 1.64. The van der Waals surface area contributed by atoms with E-state index in [4.69, 9.17) is 0 Å². The molecule has 0 amide bonds. The summed E-state index contributed by atoms with van der Waals surface area (Å²) in [5.41, 5.74) is 0.685. The zero-order valence-corrected chi connectivity index (χ0v) is 10.1. The number of hydrogen-bond donors (Lipinski definition) is 1. The zero-order valence-electron chi connectivity index (χ0n) is 9.26. The molecule has 1 aliphatic heterocycles. The fourth-order valence-electron chi connectivity index (χ4n) is 2.19. The van der Waals surface area contributed by atoms with Crippen LogP contribution in [-0.4, -0.2) is 36.0 Å². The standard InChI is InChI=1S/C11H13N3O2S/c15-17(16,14-7-3-4-8-14)11-9-5-1-2-6-10(9)12-13-11/h1-2,5-6H,3-4,7-8H2,(H,12,13). The molecule has 1 N–H and O–H groups in total. The summed E-state index contributed by atoms with van der Waals surface area (Å²) in [5, 5.41) is 7.56. The van der Waals surface area contributed by atoms with Crippen LogP contribution >= 0.6 is 0 Å². The molecule has 2 heterocycles. The summed E-state index contributed by atoms with van der Waals surface area (Å²) in [7, 11) is -3.41. The molecule has 1 fully saturated rings. The number of para-hydroxylation sites is 1. The van der Waals surface area contributed by atoms with Gasteiger partial charge in [-0.1, -0.05) is 12.1 Å². The highest BCUT2D eigenvalue weighted by atomic mass is 32.2. The molecular formula is C11H13N3O2S. The van der Waals surface area contributed by atoms with Crippen molar-refractivity contribution < 1.29 is 8.42 Å². The smallest absolute Gasteiger partial charge is 0.260 e. The molecule has 0 aliphatic carbocycles. The molecular weight excluding hydrogens is 238 g/mol. The Kier molecular flexibility index (Phi) is 2.41. The highest BCUT2D eigenvalue weighted by Crippen LogP contribution is 2.25. The molecule has 6 heteroatoms. The van der Waals surface area contributed by atoms with Gasteiger partial charge >= 0.3 is 0 Å². The van der Waals surface area contributed by atoms with E-state index in [0.717, 1.165) is 12.8 Å². The fraction of sp³-hybridized carbons (Fsp3) is 0.364. The first-order valence-electron chi connectivity index (χ1n) is 5.63. The summed E-state index contributed by atoms with van der Waals surface area (Å²) in [6, 6.07) is 7.24. The molecule has 0 bridgehead atoms. The van der Waals surface area contributed by atoms with E-state index in [0.29, 0.717) is 24.0 Å². The van der Waals surface area contributed by atoms with Gasteiger partial charge in [-0.25, -0.2) is 8.42 Å². The minimum absolute atomic E-state index is 0.218. The maximum atomic E-state index is 12.4. The summed E-state index contributed by atoms with van der Waals surface area (Å²) >= 11 is 0. The average Bonchev–Trinajstić information content (AvgIpc) is 2.99. The normalized spacial score (nSPS) is 17.9. The fourth-order valence-corrected chi connectivity index (χ4v) is 3.80. The van der Waals surface area contributed by atoms with Crippen molar-refractivity contribution in [1.82, 2.24) is 14.5 Å². The van der Waals surface area contributed by atoms with Crippen molar-refractivity contribution in [2.45, 2.75) is 17.9 Å². The van der Waals surface area contributed by atoms with E-state index in [9.17, 15) is 8.42 Å². The molecule has 0 spiro atoms. The Morgan fingerprint density at radius 2 is 1.88 bits per heavy atom. The minimum atomic E-state index is -3.41. The molecule has 1 aromatic heterocycles. The highest BCUT2D eigenvalue weighted by molar-refractivity contribution is 7.89. The number of benzene rings is 1. The van der Waals surface area contributed by atoms with Crippen molar-refractivity contribution in [3.63, 3.8) is 0 Å². The highest BCUT2D eigenvalue weighted by Gasteiger charge is 2.30. The largest absolute Gasteiger partial charge is 0.265 e. The van der Waals surface area contributed by atoms with Gasteiger partial charge in [-0.15, -0.1) is 0 Å². The number of fused-ring (bicyclic) bond motifs is 1.